The number of halogens is 8. The molecule has 1 aliphatic heterocycles. The number of anilines is 1. The van der Waals surface area contributed by atoms with Gasteiger partial charge in [-0.2, -0.15) is 10.2 Å². The number of alkyl halides is 4. The highest BCUT2D eigenvalue weighted by atomic mass is 35.5. The van der Waals surface area contributed by atoms with Gasteiger partial charge in [-0.25, -0.2) is 31.1 Å². The van der Waals surface area contributed by atoms with Crippen LogP contribution in [-0.2, 0) is 45.4 Å². The second-order valence-corrected chi connectivity index (χ2v) is 21.9. The van der Waals surface area contributed by atoms with Crippen LogP contribution in [0.25, 0.3) is 32.2 Å². The summed E-state index contributed by atoms with van der Waals surface area (Å²) in [6.07, 6.45) is 1.80. The first-order chi connectivity index (χ1) is 41.5. The number of rotatable bonds is 18. The van der Waals surface area contributed by atoms with Crippen LogP contribution in [-0.4, -0.2) is 132 Å². The van der Waals surface area contributed by atoms with Crippen LogP contribution in [0.5, 0.6) is 0 Å². The first-order valence-electron chi connectivity index (χ1n) is 27.5. The van der Waals surface area contributed by atoms with E-state index in [4.69, 9.17) is 40.2 Å². The van der Waals surface area contributed by atoms with E-state index < -0.39 is 89.7 Å². The lowest BCUT2D eigenvalue weighted by atomic mass is 9.97. The predicted octanol–water partition coefficient (Wildman–Crippen LogP) is 9.90. The summed E-state index contributed by atoms with van der Waals surface area (Å²) >= 11 is 11.5. The summed E-state index contributed by atoms with van der Waals surface area (Å²) in [6, 6.07) is 16.1. The second-order valence-electron chi connectivity index (χ2n) is 21.1. The number of hydrogen-bond acceptors (Lipinski definition) is 10. The van der Waals surface area contributed by atoms with E-state index in [1.807, 2.05) is 0 Å². The fraction of sp³-hybridized carbons (Fsp3) is 0.414. The Bertz CT molecular complexity index is 3650. The SMILES string of the molecule is C.CC(C)N(CC(=O)NCc1cccc(Cl)c1F)C(=O)Cn1nc(C(N)=O)c2cc(C(=O)N=[N+]=[N-])ccc21.CC(C)N(CC(=O)NCc1cccc(Cl)c1F)C(=O)Cn1nc(C(N)=O)c2cc(NC(=O)N3CCC(F)(F)CC3)ccc21.FC1(F)CCCCC1. The third-order valence-electron chi connectivity index (χ3n) is 14.1. The Morgan fingerprint density at radius 3 is 1.52 bits per heavy atom. The lowest BCUT2D eigenvalue weighted by Gasteiger charge is -2.31. The van der Waals surface area contributed by atoms with Crippen LogP contribution in [0.2, 0.25) is 10.0 Å². The highest BCUT2D eigenvalue weighted by molar-refractivity contribution is 6.31. The Morgan fingerprint density at radius 2 is 1.10 bits per heavy atom. The molecule has 89 heavy (non-hydrogen) atoms. The molecule has 31 heteroatoms. The average Bonchev–Trinajstić information content (AvgIpc) is 1.84. The number of nitrogens with two attached hydrogens (primary N) is 2. The monoisotopic (exact) mass is 1290 g/mol. The molecule has 478 valence electrons. The number of likely N-dealkylation sites (tertiary alicyclic amines) is 1. The van der Waals surface area contributed by atoms with Crippen molar-refractivity contribution < 1.29 is 64.7 Å². The smallest absolute Gasteiger partial charge is 0.321 e. The van der Waals surface area contributed by atoms with Crippen LogP contribution in [0.15, 0.2) is 77.9 Å². The third kappa shape index (κ3) is 19.3. The van der Waals surface area contributed by atoms with Gasteiger partial charge in [0.15, 0.2) is 11.4 Å². The number of urea groups is 1. The predicted molar refractivity (Wildman–Crippen MR) is 320 cm³/mol. The van der Waals surface area contributed by atoms with Gasteiger partial charge in [-0.05, 0) is 99.7 Å². The van der Waals surface area contributed by atoms with Gasteiger partial charge in [-0.3, -0.25) is 42.9 Å². The van der Waals surface area contributed by atoms with E-state index >= 15 is 0 Å². The second kappa shape index (κ2) is 31.3. The maximum atomic E-state index is 14.2. The maximum Gasteiger partial charge on any atom is 0.321 e. The van der Waals surface area contributed by atoms with Gasteiger partial charge in [0.25, 0.3) is 17.7 Å². The van der Waals surface area contributed by atoms with E-state index in [9.17, 15) is 64.7 Å². The van der Waals surface area contributed by atoms with Crippen molar-refractivity contribution in [2.75, 3.05) is 31.5 Å². The molecule has 0 unspecified atom stereocenters. The van der Waals surface area contributed by atoms with E-state index in [-0.39, 0.29) is 133 Å². The van der Waals surface area contributed by atoms with Crippen molar-refractivity contribution in [2.45, 2.75) is 130 Å². The van der Waals surface area contributed by atoms with Crippen LogP contribution in [0.4, 0.5) is 36.8 Å². The topological polar surface area (TPSA) is 319 Å². The van der Waals surface area contributed by atoms with Crippen LogP contribution < -0.4 is 27.4 Å². The van der Waals surface area contributed by atoms with E-state index in [0.29, 0.717) is 23.9 Å². The molecule has 2 aromatic heterocycles. The lowest BCUT2D eigenvalue weighted by molar-refractivity contribution is -0.138. The molecule has 2 fully saturated rings. The van der Waals surface area contributed by atoms with Crippen LogP contribution in [0, 0.1) is 11.6 Å². The fourth-order valence-corrected chi connectivity index (χ4v) is 9.70. The summed E-state index contributed by atoms with van der Waals surface area (Å²) in [5.41, 5.74) is 20.5. The number of piperidine rings is 1. The Kier molecular flexibility index (Phi) is 24.9. The molecule has 23 nitrogen and oxygen atoms in total. The number of hydrogen-bond donors (Lipinski definition) is 5. The minimum absolute atomic E-state index is 0. The summed E-state index contributed by atoms with van der Waals surface area (Å²) < 4.78 is 82.1. The summed E-state index contributed by atoms with van der Waals surface area (Å²) in [4.78, 5) is 107. The summed E-state index contributed by atoms with van der Waals surface area (Å²) in [6.45, 7) is 5.10. The van der Waals surface area contributed by atoms with Crippen LogP contribution in [0.1, 0.15) is 123 Å². The zero-order chi connectivity index (χ0) is 64.8. The van der Waals surface area contributed by atoms with Gasteiger partial charge in [0.1, 0.15) is 24.7 Å². The fourth-order valence-electron chi connectivity index (χ4n) is 9.32. The van der Waals surface area contributed by atoms with Crippen molar-refractivity contribution in [3.63, 3.8) is 0 Å². The van der Waals surface area contributed by atoms with Gasteiger partial charge in [0.2, 0.25) is 35.5 Å². The number of azide groups is 1. The Labute approximate surface area is 516 Å². The van der Waals surface area contributed by atoms with Crippen LogP contribution in [0.3, 0.4) is 0 Å². The molecular weight excluding hydrogens is 1220 g/mol. The van der Waals surface area contributed by atoms with E-state index in [1.165, 1.54) is 84.7 Å². The number of aromatic nitrogens is 4. The molecule has 0 atom stereocenters. The molecule has 0 bridgehead atoms. The van der Waals surface area contributed by atoms with Gasteiger partial charge < -0.3 is 42.1 Å². The van der Waals surface area contributed by atoms with Crippen molar-refractivity contribution in [1.29, 1.82) is 0 Å². The van der Waals surface area contributed by atoms with E-state index in [0.717, 1.165) is 6.42 Å². The van der Waals surface area contributed by atoms with Crippen molar-refractivity contribution in [3.8, 4) is 0 Å². The molecule has 9 amide bonds. The number of carbonyl (C=O) groups is 8. The summed E-state index contributed by atoms with van der Waals surface area (Å²) in [7, 11) is 0. The van der Waals surface area contributed by atoms with E-state index in [2.05, 4.69) is 36.2 Å². The number of fused-ring (bicyclic) bond motifs is 2. The summed E-state index contributed by atoms with van der Waals surface area (Å²) in [5.74, 6) is -11.1. The number of amides is 9. The first kappa shape index (κ1) is 70.8. The van der Waals surface area contributed by atoms with Crippen molar-refractivity contribution in [3.05, 3.63) is 133 Å². The Balaban J connectivity index is 0.000000287. The van der Waals surface area contributed by atoms with Gasteiger partial charge in [-0.15, -0.1) is 0 Å². The standard InChI is InChI=1S/C28H31ClF3N7O4.C23H22ClFN8O4.C6H10F2.CH4/c1-16(2)38(14-22(40)34-13-17-4-3-5-20(29)24(17)30)23(41)15-39-21-7-6-18(12-19(21)25(36-39)26(33)42)35-27(43)37-10-8-28(31,32)9-11-37;1-12(2)32(10-18(34)28-9-14-4-3-5-16(24)20(14)25)19(35)11-33-17-7-6-13(23(37)29-31-27)8-15(17)21(30-33)22(26)36;7-6(8)4-2-1-3-5-6;/h3-7,12,16H,8-11,13-15H2,1-2H3,(H2,33,42)(H,34,40)(H,35,43);3-8,12H,9-11H2,1-2H3,(H2,26,36)(H,28,34);1-5H2;1H4. The highest BCUT2D eigenvalue weighted by Gasteiger charge is 2.36. The largest absolute Gasteiger partial charge is 0.364 e. The van der Waals surface area contributed by atoms with Crippen molar-refractivity contribution in [1.82, 2.24) is 44.9 Å². The minimum atomic E-state index is -2.80. The molecule has 8 rings (SSSR count). The molecular formula is C58H67Cl2F6N15O8. The molecule has 4 aromatic carbocycles. The highest BCUT2D eigenvalue weighted by Crippen LogP contribution is 2.33. The van der Waals surface area contributed by atoms with Gasteiger partial charge in [0.05, 0.1) is 34.2 Å². The first-order valence-corrected chi connectivity index (χ1v) is 28.2. The molecule has 0 radical (unpaired) electrons. The van der Waals surface area contributed by atoms with E-state index in [1.54, 1.807) is 39.8 Å². The van der Waals surface area contributed by atoms with Gasteiger partial charge in [0, 0.05) is 102 Å². The molecule has 1 saturated heterocycles. The maximum absolute atomic E-state index is 14.2. The number of primary amides is 2. The van der Waals surface area contributed by atoms with Crippen molar-refractivity contribution in [2.24, 2.45) is 16.6 Å². The number of nitrogens with zero attached hydrogens (tertiary/aromatic N) is 10. The Morgan fingerprint density at radius 1 is 0.663 bits per heavy atom. The quantitative estimate of drug-likeness (QED) is 0.0235. The number of benzene rings is 4. The summed E-state index contributed by atoms with van der Waals surface area (Å²) in [5, 5.41) is 19.4. The zero-order valence-electron chi connectivity index (χ0n) is 48.1. The normalized spacial score (nSPS) is 14.0. The molecule has 0 spiro atoms. The van der Waals surface area contributed by atoms with Crippen molar-refractivity contribution >= 4 is 98.1 Å². The van der Waals surface area contributed by atoms with Gasteiger partial charge >= 0.3 is 6.03 Å². The number of nitrogens with one attached hydrogen (secondary N) is 3. The molecule has 1 aliphatic carbocycles. The zero-order valence-corrected chi connectivity index (χ0v) is 49.6. The lowest BCUT2D eigenvalue weighted by Crippen LogP contribution is -2.45. The minimum Gasteiger partial charge on any atom is -0.364 e. The van der Waals surface area contributed by atoms with Gasteiger partial charge in [-0.1, -0.05) is 61.3 Å². The molecule has 1 saturated carbocycles. The molecule has 2 aliphatic rings. The van der Waals surface area contributed by atoms with Crippen LogP contribution >= 0.6 is 23.2 Å². The molecule has 7 N–H and O–H groups in total. The molecule has 6 aromatic rings. The number of carbonyl (C=O) groups excluding carboxylic acids is 8. The third-order valence-corrected chi connectivity index (χ3v) is 14.7. The molecule has 3 heterocycles. The Hall–Kier alpha value is -8.95. The average molecular weight is 1290 g/mol.